The van der Waals surface area contributed by atoms with Crippen LogP contribution in [0.4, 0.5) is 5.82 Å². The van der Waals surface area contributed by atoms with Crippen LogP contribution in [0, 0.1) is 0 Å². The zero-order chi connectivity index (χ0) is 15.2. The Balaban J connectivity index is 1.96. The molecule has 0 radical (unpaired) electrons. The summed E-state index contributed by atoms with van der Waals surface area (Å²) in [4.78, 5) is 26.4. The van der Waals surface area contributed by atoms with Gasteiger partial charge in [0.1, 0.15) is 17.0 Å². The van der Waals surface area contributed by atoms with Crippen molar-refractivity contribution in [1.82, 2.24) is 10.3 Å². The zero-order valence-corrected chi connectivity index (χ0v) is 11.8. The minimum atomic E-state index is -1.11. The van der Waals surface area contributed by atoms with Gasteiger partial charge < -0.3 is 16.2 Å². The molecule has 2 aromatic rings. The molecule has 5 N–H and O–H groups in total. The average Bonchev–Trinajstić information content (AvgIpc) is 2.94. The molecule has 0 unspecified atom stereocenters. The Morgan fingerprint density at radius 1 is 1.33 bits per heavy atom. The molecule has 0 spiro atoms. The second kappa shape index (κ2) is 6.93. The highest BCUT2D eigenvalue weighted by Crippen LogP contribution is 2.25. The number of hydrogen-bond donors (Lipinski definition) is 4. The number of carboxylic acids is 1. The van der Waals surface area contributed by atoms with Gasteiger partial charge in [-0.3, -0.25) is 14.9 Å². The maximum Gasteiger partial charge on any atom is 0.317 e. The van der Waals surface area contributed by atoms with Gasteiger partial charge in [-0.25, -0.2) is 4.98 Å². The van der Waals surface area contributed by atoms with E-state index < -0.39 is 18.0 Å². The molecule has 1 aromatic heterocycles. The fraction of sp³-hybridized carbons (Fsp3) is 0.154. The van der Waals surface area contributed by atoms with Gasteiger partial charge >= 0.3 is 5.97 Å². The minimum absolute atomic E-state index is 0.386. The lowest BCUT2D eigenvalue weighted by Gasteiger charge is -2.10. The SMILES string of the molecule is N[C@@H](NCC(=O)O)C(=O)Nc1csc(-c2ccccc2)n1. The van der Waals surface area contributed by atoms with Gasteiger partial charge in [-0.15, -0.1) is 11.3 Å². The molecule has 0 fully saturated rings. The van der Waals surface area contributed by atoms with Gasteiger partial charge in [0, 0.05) is 10.9 Å². The molecule has 0 aliphatic carbocycles. The molecule has 1 atom stereocenters. The summed E-state index contributed by atoms with van der Waals surface area (Å²) in [6.45, 7) is -0.388. The lowest BCUT2D eigenvalue weighted by Crippen LogP contribution is -2.49. The van der Waals surface area contributed by atoms with Gasteiger partial charge in [0.05, 0.1) is 6.54 Å². The second-order valence-corrected chi connectivity index (χ2v) is 5.00. The topological polar surface area (TPSA) is 117 Å². The van der Waals surface area contributed by atoms with Crippen LogP contribution in [0.5, 0.6) is 0 Å². The monoisotopic (exact) mass is 306 g/mol. The lowest BCUT2D eigenvalue weighted by molar-refractivity contribution is -0.136. The third kappa shape index (κ3) is 4.35. The van der Waals surface area contributed by atoms with Gasteiger partial charge in [0.15, 0.2) is 0 Å². The zero-order valence-electron chi connectivity index (χ0n) is 10.9. The highest BCUT2D eigenvalue weighted by Gasteiger charge is 2.15. The van der Waals surface area contributed by atoms with E-state index in [4.69, 9.17) is 10.8 Å². The van der Waals surface area contributed by atoms with E-state index in [0.29, 0.717) is 5.82 Å². The van der Waals surface area contributed by atoms with Gasteiger partial charge in [-0.05, 0) is 0 Å². The maximum absolute atomic E-state index is 11.7. The number of nitrogens with one attached hydrogen (secondary N) is 2. The Kier molecular flexibility index (Phi) is 4.99. The number of nitrogens with two attached hydrogens (primary N) is 1. The minimum Gasteiger partial charge on any atom is -0.480 e. The molecule has 2 rings (SSSR count). The predicted octanol–water partition coefficient (Wildman–Crippen LogP) is 0.708. The van der Waals surface area contributed by atoms with Crippen LogP contribution in [0.2, 0.25) is 0 Å². The summed E-state index contributed by atoms with van der Waals surface area (Å²) in [6.07, 6.45) is -1.11. The van der Waals surface area contributed by atoms with Crippen LogP contribution in [0.15, 0.2) is 35.7 Å². The van der Waals surface area contributed by atoms with Gasteiger partial charge in [0.2, 0.25) is 0 Å². The van der Waals surface area contributed by atoms with E-state index in [1.807, 2.05) is 30.3 Å². The summed E-state index contributed by atoms with van der Waals surface area (Å²) in [5.41, 5.74) is 6.48. The number of benzene rings is 1. The Labute approximate surface area is 124 Å². The molecule has 110 valence electrons. The summed E-state index contributed by atoms with van der Waals surface area (Å²) in [5, 5.41) is 15.9. The number of thiazole rings is 1. The number of carbonyl (C=O) groups is 2. The largest absolute Gasteiger partial charge is 0.480 e. The van der Waals surface area contributed by atoms with Gasteiger partial charge in [-0.2, -0.15) is 0 Å². The van der Waals surface area contributed by atoms with Crippen molar-refractivity contribution in [2.75, 3.05) is 11.9 Å². The molecular formula is C13H14N4O3S. The first-order chi connectivity index (χ1) is 10.1. The molecule has 1 amide bonds. The smallest absolute Gasteiger partial charge is 0.317 e. The third-order valence-electron chi connectivity index (χ3n) is 2.53. The van der Waals surface area contributed by atoms with E-state index in [-0.39, 0.29) is 6.54 Å². The first-order valence-electron chi connectivity index (χ1n) is 6.09. The van der Waals surface area contributed by atoms with E-state index in [1.54, 1.807) is 5.38 Å². The molecule has 1 aromatic carbocycles. The number of rotatable bonds is 6. The highest BCUT2D eigenvalue weighted by molar-refractivity contribution is 7.13. The van der Waals surface area contributed by atoms with Crippen molar-refractivity contribution in [2.45, 2.75) is 6.17 Å². The lowest BCUT2D eigenvalue weighted by atomic mass is 10.2. The molecule has 7 nitrogen and oxygen atoms in total. The quantitative estimate of drug-likeness (QED) is 0.584. The Morgan fingerprint density at radius 3 is 2.71 bits per heavy atom. The Hall–Kier alpha value is -2.29. The molecule has 0 aliphatic rings. The first-order valence-corrected chi connectivity index (χ1v) is 6.97. The van der Waals surface area contributed by atoms with Gasteiger partial charge in [0.25, 0.3) is 5.91 Å². The maximum atomic E-state index is 11.7. The van der Waals surface area contributed by atoms with Gasteiger partial charge in [-0.1, -0.05) is 30.3 Å². The van der Waals surface area contributed by atoms with Crippen molar-refractivity contribution in [3.63, 3.8) is 0 Å². The summed E-state index contributed by atoms with van der Waals surface area (Å²) in [6, 6.07) is 9.56. The third-order valence-corrected chi connectivity index (χ3v) is 3.42. The molecule has 0 aliphatic heterocycles. The standard InChI is InChI=1S/C13H14N4O3S/c14-11(15-6-10(18)19)12(20)16-9-7-21-13(17-9)8-4-2-1-3-5-8/h1-5,7,11,15H,6,14H2,(H,16,20)(H,18,19)/t11-/m0/s1. The van der Waals surface area contributed by atoms with Crippen molar-refractivity contribution in [1.29, 1.82) is 0 Å². The predicted molar refractivity (Wildman–Crippen MR) is 79.8 cm³/mol. The number of carboxylic acid groups (broad SMARTS) is 1. The number of nitrogens with zero attached hydrogens (tertiary/aromatic N) is 1. The first kappa shape index (κ1) is 15.1. The Morgan fingerprint density at radius 2 is 2.05 bits per heavy atom. The van der Waals surface area contributed by atoms with Crippen molar-refractivity contribution in [3.8, 4) is 10.6 Å². The summed E-state index contributed by atoms with van der Waals surface area (Å²) < 4.78 is 0. The van der Waals surface area contributed by atoms with Crippen molar-refractivity contribution < 1.29 is 14.7 Å². The fourth-order valence-electron chi connectivity index (χ4n) is 1.54. The van der Waals surface area contributed by atoms with Crippen molar-refractivity contribution in [2.24, 2.45) is 5.73 Å². The van der Waals surface area contributed by atoms with Crippen LogP contribution in [0.1, 0.15) is 0 Å². The van der Waals surface area contributed by atoms with E-state index in [0.717, 1.165) is 10.6 Å². The number of hydrogen-bond acceptors (Lipinski definition) is 6. The molecule has 0 saturated carbocycles. The molecule has 0 bridgehead atoms. The van der Waals surface area contributed by atoms with E-state index in [1.165, 1.54) is 11.3 Å². The number of aromatic nitrogens is 1. The molecule has 0 saturated heterocycles. The highest BCUT2D eigenvalue weighted by atomic mass is 32.1. The molecule has 21 heavy (non-hydrogen) atoms. The van der Waals surface area contributed by atoms with Crippen LogP contribution in [-0.2, 0) is 9.59 Å². The summed E-state index contributed by atoms with van der Waals surface area (Å²) in [5.74, 6) is -1.24. The van der Waals surface area contributed by atoms with Crippen molar-refractivity contribution >= 4 is 29.0 Å². The number of carbonyl (C=O) groups excluding carboxylic acids is 1. The second-order valence-electron chi connectivity index (χ2n) is 4.15. The van der Waals surface area contributed by atoms with Crippen molar-refractivity contribution in [3.05, 3.63) is 35.7 Å². The van der Waals surface area contributed by atoms with Crippen LogP contribution in [-0.4, -0.2) is 34.7 Å². The van der Waals surface area contributed by atoms with Crippen LogP contribution < -0.4 is 16.4 Å². The molecule has 8 heteroatoms. The fourth-order valence-corrected chi connectivity index (χ4v) is 2.30. The molecular weight excluding hydrogens is 292 g/mol. The van der Waals surface area contributed by atoms with Crippen LogP contribution >= 0.6 is 11.3 Å². The summed E-state index contributed by atoms with van der Waals surface area (Å²) >= 11 is 1.39. The van der Waals surface area contributed by atoms with Crippen LogP contribution in [0.25, 0.3) is 10.6 Å². The van der Waals surface area contributed by atoms with E-state index >= 15 is 0 Å². The number of amides is 1. The van der Waals surface area contributed by atoms with E-state index in [9.17, 15) is 9.59 Å². The Bertz CT molecular complexity index is 629. The van der Waals surface area contributed by atoms with Crippen LogP contribution in [0.3, 0.4) is 0 Å². The number of aliphatic carboxylic acids is 1. The average molecular weight is 306 g/mol. The number of anilines is 1. The summed E-state index contributed by atoms with van der Waals surface area (Å²) in [7, 11) is 0. The normalized spacial score (nSPS) is 11.9. The van der Waals surface area contributed by atoms with E-state index in [2.05, 4.69) is 15.6 Å². The molecule has 1 heterocycles.